The summed E-state index contributed by atoms with van der Waals surface area (Å²) in [6.45, 7) is 8.63. The number of hydrogen-bond donors (Lipinski definition) is 0. The van der Waals surface area contributed by atoms with Crippen molar-refractivity contribution in [3.8, 4) is 6.07 Å². The summed E-state index contributed by atoms with van der Waals surface area (Å²) in [5, 5.41) is 8.67. The van der Waals surface area contributed by atoms with Crippen LogP contribution in [0.4, 0.5) is 0 Å². The highest BCUT2D eigenvalue weighted by molar-refractivity contribution is 5.73. The van der Waals surface area contributed by atoms with Crippen LogP contribution in [-0.2, 0) is 11.3 Å². The van der Waals surface area contributed by atoms with Crippen molar-refractivity contribution in [1.82, 2.24) is 14.8 Å². The van der Waals surface area contributed by atoms with Crippen molar-refractivity contribution in [2.24, 2.45) is 0 Å². The van der Waals surface area contributed by atoms with E-state index in [-0.39, 0.29) is 11.9 Å². The highest BCUT2D eigenvalue weighted by atomic mass is 16.4. The van der Waals surface area contributed by atoms with Gasteiger partial charge in [-0.25, -0.2) is 4.98 Å². The molecule has 0 radical (unpaired) electrons. The molecule has 0 spiro atoms. The van der Waals surface area contributed by atoms with Crippen LogP contribution in [-0.4, -0.2) is 46.4 Å². The summed E-state index contributed by atoms with van der Waals surface area (Å²) in [5.41, 5.74) is 0. The van der Waals surface area contributed by atoms with E-state index < -0.39 is 0 Å². The molecule has 1 aliphatic heterocycles. The van der Waals surface area contributed by atoms with Crippen molar-refractivity contribution in [2.75, 3.05) is 19.6 Å². The molecule has 0 saturated carbocycles. The van der Waals surface area contributed by atoms with Gasteiger partial charge in [0.25, 0.3) is 0 Å². The van der Waals surface area contributed by atoms with Crippen LogP contribution in [0.15, 0.2) is 10.6 Å². The topological polar surface area (TPSA) is 73.4 Å². The van der Waals surface area contributed by atoms with Crippen molar-refractivity contribution in [1.29, 1.82) is 5.26 Å². The van der Waals surface area contributed by atoms with Crippen LogP contribution in [0.25, 0.3) is 0 Å². The Balaban J connectivity index is 1.98. The minimum absolute atomic E-state index is 0.0384. The van der Waals surface area contributed by atoms with Gasteiger partial charge in [0.1, 0.15) is 5.76 Å². The average molecular weight is 304 g/mol. The number of nitrogens with zero attached hydrogens (tertiary/aromatic N) is 4. The van der Waals surface area contributed by atoms with Gasteiger partial charge in [0.15, 0.2) is 0 Å². The van der Waals surface area contributed by atoms with E-state index in [0.717, 1.165) is 31.8 Å². The van der Waals surface area contributed by atoms with Gasteiger partial charge in [0.2, 0.25) is 11.8 Å². The minimum atomic E-state index is 0.0384. The van der Waals surface area contributed by atoms with Gasteiger partial charge < -0.3 is 14.2 Å². The Labute approximate surface area is 131 Å². The van der Waals surface area contributed by atoms with Crippen molar-refractivity contribution in [3.05, 3.63) is 17.8 Å². The van der Waals surface area contributed by atoms with Gasteiger partial charge in [-0.2, -0.15) is 5.26 Å². The molecule has 1 amide bonds. The first-order chi connectivity index (χ1) is 10.5. The molecule has 1 fully saturated rings. The van der Waals surface area contributed by atoms with Gasteiger partial charge >= 0.3 is 0 Å². The number of nitriles is 1. The molecule has 6 nitrogen and oxygen atoms in total. The van der Waals surface area contributed by atoms with Crippen molar-refractivity contribution in [3.63, 3.8) is 0 Å². The van der Waals surface area contributed by atoms with E-state index >= 15 is 0 Å². The van der Waals surface area contributed by atoms with Crippen LogP contribution in [0.5, 0.6) is 0 Å². The van der Waals surface area contributed by atoms with Crippen molar-refractivity contribution in [2.45, 2.75) is 52.1 Å². The second kappa shape index (κ2) is 7.41. The Morgan fingerprint density at radius 3 is 3.00 bits per heavy atom. The number of hydrogen-bond acceptors (Lipinski definition) is 5. The zero-order chi connectivity index (χ0) is 16.1. The maximum atomic E-state index is 12.0. The minimum Gasteiger partial charge on any atom is -0.444 e. The van der Waals surface area contributed by atoms with Crippen LogP contribution < -0.4 is 0 Å². The molecule has 1 saturated heterocycles. The molecule has 1 aromatic rings. The van der Waals surface area contributed by atoms with Gasteiger partial charge in [-0.1, -0.05) is 13.8 Å². The number of rotatable bonds is 6. The lowest BCUT2D eigenvalue weighted by Crippen LogP contribution is -2.40. The second-order valence-electron chi connectivity index (χ2n) is 6.11. The predicted octanol–water partition coefficient (Wildman–Crippen LogP) is 2.13. The van der Waals surface area contributed by atoms with Crippen LogP contribution >= 0.6 is 0 Å². The number of aromatic nitrogens is 1. The third-order valence-corrected chi connectivity index (χ3v) is 4.08. The molecule has 22 heavy (non-hydrogen) atoms. The number of oxazole rings is 1. The van der Waals surface area contributed by atoms with E-state index in [1.54, 1.807) is 13.1 Å². The Morgan fingerprint density at radius 1 is 1.64 bits per heavy atom. The van der Waals surface area contributed by atoms with Crippen LogP contribution in [0, 0.1) is 11.3 Å². The SMILES string of the molecule is CC(=O)N(Cc1ncc(C(C)C)o1)C1CCN(CCC#N)C1. The molecular weight excluding hydrogens is 280 g/mol. The van der Waals surface area contributed by atoms with Crippen molar-refractivity contribution < 1.29 is 9.21 Å². The van der Waals surface area contributed by atoms with Crippen LogP contribution in [0.2, 0.25) is 0 Å². The number of carbonyl (C=O) groups excluding carboxylic acids is 1. The zero-order valence-electron chi connectivity index (χ0n) is 13.6. The van der Waals surface area contributed by atoms with Gasteiger partial charge in [-0.15, -0.1) is 0 Å². The lowest BCUT2D eigenvalue weighted by Gasteiger charge is -2.26. The fourth-order valence-corrected chi connectivity index (χ4v) is 2.79. The Kier molecular flexibility index (Phi) is 5.56. The predicted molar refractivity (Wildman–Crippen MR) is 81.9 cm³/mol. The fourth-order valence-electron chi connectivity index (χ4n) is 2.79. The summed E-state index contributed by atoms with van der Waals surface area (Å²) < 4.78 is 5.72. The molecular formula is C16H24N4O2. The lowest BCUT2D eigenvalue weighted by molar-refractivity contribution is -0.132. The lowest BCUT2D eigenvalue weighted by atomic mass is 10.2. The first-order valence-electron chi connectivity index (χ1n) is 7.82. The molecule has 0 aromatic carbocycles. The number of carbonyl (C=O) groups is 1. The van der Waals surface area contributed by atoms with Gasteiger partial charge in [-0.3, -0.25) is 4.79 Å². The van der Waals surface area contributed by atoms with E-state index in [0.29, 0.717) is 24.8 Å². The molecule has 1 aliphatic rings. The average Bonchev–Trinajstić information content (AvgIpc) is 3.11. The Hall–Kier alpha value is -1.87. The second-order valence-corrected chi connectivity index (χ2v) is 6.11. The molecule has 120 valence electrons. The summed E-state index contributed by atoms with van der Waals surface area (Å²) in [6.07, 6.45) is 3.21. The molecule has 0 N–H and O–H groups in total. The molecule has 2 heterocycles. The molecule has 1 atom stereocenters. The quantitative estimate of drug-likeness (QED) is 0.805. The molecule has 0 aliphatic carbocycles. The standard InChI is InChI=1S/C16H24N4O2/c1-12(2)15-9-18-16(22-15)11-20(13(3)21)14-5-8-19(10-14)7-4-6-17/h9,12,14H,4-5,7-8,10-11H2,1-3H3. The number of amides is 1. The fraction of sp³-hybridized carbons (Fsp3) is 0.688. The van der Waals surface area contributed by atoms with Gasteiger partial charge in [-0.05, 0) is 6.42 Å². The molecule has 6 heteroatoms. The van der Waals surface area contributed by atoms with E-state index in [1.807, 2.05) is 4.90 Å². The zero-order valence-corrected chi connectivity index (χ0v) is 13.6. The van der Waals surface area contributed by atoms with Crippen molar-refractivity contribution >= 4 is 5.91 Å². The third kappa shape index (κ3) is 4.08. The smallest absolute Gasteiger partial charge is 0.220 e. The van der Waals surface area contributed by atoms with E-state index in [1.165, 1.54) is 0 Å². The van der Waals surface area contributed by atoms with E-state index in [9.17, 15) is 4.79 Å². The number of likely N-dealkylation sites (tertiary alicyclic amines) is 1. The van der Waals surface area contributed by atoms with E-state index in [2.05, 4.69) is 29.8 Å². The molecule has 2 rings (SSSR count). The largest absolute Gasteiger partial charge is 0.444 e. The first kappa shape index (κ1) is 16.5. The third-order valence-electron chi connectivity index (χ3n) is 4.08. The highest BCUT2D eigenvalue weighted by Gasteiger charge is 2.30. The van der Waals surface area contributed by atoms with E-state index in [4.69, 9.17) is 9.68 Å². The molecule has 0 bridgehead atoms. The van der Waals surface area contributed by atoms with Gasteiger partial charge in [0.05, 0.1) is 18.8 Å². The van der Waals surface area contributed by atoms with Gasteiger partial charge in [0, 0.05) is 44.9 Å². The molecule has 1 unspecified atom stereocenters. The van der Waals surface area contributed by atoms with Crippen LogP contribution in [0.3, 0.4) is 0 Å². The van der Waals surface area contributed by atoms with Crippen LogP contribution in [0.1, 0.15) is 51.2 Å². The monoisotopic (exact) mass is 304 g/mol. The Bertz CT molecular complexity index is 547. The first-order valence-corrected chi connectivity index (χ1v) is 7.82. The normalized spacial score (nSPS) is 18.6. The molecule has 1 aromatic heterocycles. The highest BCUT2D eigenvalue weighted by Crippen LogP contribution is 2.20. The summed E-state index contributed by atoms with van der Waals surface area (Å²) in [7, 11) is 0. The summed E-state index contributed by atoms with van der Waals surface area (Å²) >= 11 is 0. The maximum absolute atomic E-state index is 12.0. The maximum Gasteiger partial charge on any atom is 0.220 e. The summed E-state index contributed by atoms with van der Waals surface area (Å²) in [6, 6.07) is 2.34. The Morgan fingerprint density at radius 2 is 2.41 bits per heavy atom. The summed E-state index contributed by atoms with van der Waals surface area (Å²) in [4.78, 5) is 20.3. The summed E-state index contributed by atoms with van der Waals surface area (Å²) in [5.74, 6) is 1.77.